The molecule has 0 spiro atoms. The number of amides is 2. The Labute approximate surface area is 482 Å². The fourth-order valence-corrected chi connectivity index (χ4v) is 9.93. The second-order valence-electron chi connectivity index (χ2n) is 22.3. The molecule has 0 aliphatic rings. The molecule has 438 valence electrons. The van der Waals surface area contributed by atoms with Crippen molar-refractivity contribution in [2.75, 3.05) is 31.7 Å². The van der Waals surface area contributed by atoms with Gasteiger partial charge in [0, 0.05) is 12.2 Å². The molecule has 4 aromatic rings. The van der Waals surface area contributed by atoms with E-state index in [4.69, 9.17) is 18.9 Å². The number of anilines is 1. The second-order valence-corrected chi connectivity index (χ2v) is 22.3. The molecule has 4 rings (SSSR count). The molecule has 0 radical (unpaired) electrons. The van der Waals surface area contributed by atoms with E-state index >= 15 is 0 Å². The van der Waals surface area contributed by atoms with Gasteiger partial charge in [-0.15, -0.1) is 0 Å². The third-order valence-electron chi connectivity index (χ3n) is 15.0. The molecule has 0 aliphatic carbocycles. The lowest BCUT2D eigenvalue weighted by Crippen LogP contribution is -2.29. The Morgan fingerprint density at radius 1 is 0.367 bits per heavy atom. The van der Waals surface area contributed by atoms with Gasteiger partial charge < -0.3 is 29.6 Å². The van der Waals surface area contributed by atoms with Crippen molar-refractivity contribution in [1.29, 1.82) is 0 Å². The Hall–Kier alpha value is -5.17. The van der Waals surface area contributed by atoms with Gasteiger partial charge in [-0.3, -0.25) is 0 Å². The Balaban J connectivity index is 1.35. The van der Waals surface area contributed by atoms with Crippen LogP contribution in [0.5, 0.6) is 23.0 Å². The first-order chi connectivity index (χ1) is 39.0. The number of benzene rings is 4. The van der Waals surface area contributed by atoms with Crippen molar-refractivity contribution in [2.24, 2.45) is 0 Å². The van der Waals surface area contributed by atoms with Gasteiger partial charge in [-0.2, -0.15) is 0 Å². The van der Waals surface area contributed by atoms with Crippen LogP contribution in [0.25, 0.3) is 24.3 Å². The number of nitrogens with one attached hydrogen (secondary N) is 2. The van der Waals surface area contributed by atoms with Gasteiger partial charge in [-0.1, -0.05) is 293 Å². The van der Waals surface area contributed by atoms with Gasteiger partial charge >= 0.3 is 6.03 Å². The summed E-state index contributed by atoms with van der Waals surface area (Å²) in [6, 6.07) is 28.9. The molecule has 0 aliphatic heterocycles. The number of carbonyl (C=O) groups is 1. The highest BCUT2D eigenvalue weighted by Gasteiger charge is 2.17. The third-order valence-corrected chi connectivity index (χ3v) is 15.0. The molecule has 79 heavy (non-hydrogen) atoms. The minimum atomic E-state index is -0.156. The predicted molar refractivity (Wildman–Crippen MR) is 341 cm³/mol. The van der Waals surface area contributed by atoms with E-state index in [1.165, 1.54) is 186 Å². The van der Waals surface area contributed by atoms with E-state index in [0.717, 1.165) is 88.6 Å². The number of hydrogen-bond donors (Lipinski definition) is 2. The highest BCUT2D eigenvalue weighted by atomic mass is 16.5. The van der Waals surface area contributed by atoms with Crippen LogP contribution in [0.3, 0.4) is 0 Å². The maximum atomic E-state index is 12.3. The largest absolute Gasteiger partial charge is 0.490 e. The van der Waals surface area contributed by atoms with Crippen molar-refractivity contribution in [3.63, 3.8) is 0 Å². The van der Waals surface area contributed by atoms with E-state index in [-0.39, 0.29) is 6.03 Å². The van der Waals surface area contributed by atoms with Crippen LogP contribution in [0.1, 0.15) is 274 Å². The van der Waals surface area contributed by atoms with E-state index in [0.29, 0.717) is 33.0 Å². The number of urea groups is 1. The summed E-state index contributed by atoms with van der Waals surface area (Å²) in [5.41, 5.74) is 6.23. The number of hydrogen-bond acceptors (Lipinski definition) is 5. The van der Waals surface area contributed by atoms with Gasteiger partial charge in [0.25, 0.3) is 0 Å². The topological polar surface area (TPSA) is 78.1 Å². The standard InChI is InChI=1S/C72H110N2O5/c1-5-9-13-17-20-23-26-29-32-36-56-76-69-59-66(60-70(77-57-37-33-30-27-24-21-18-14-10-6-2)71(69)78-58-38-34-31-28-25-22-19-15-11-7-3)61-79-68-53-49-65(50-54-68)46-44-63-41-39-62(40-42-63)43-45-64-47-51-67(52-48-64)74-72(75)73-55-35-16-12-8-4/h39-54,59-60H,5-38,55-58,61H2,1-4H3,(H2,73,74,75)/b45-43+,46-44+. The van der Waals surface area contributed by atoms with Crippen LogP contribution in [0.4, 0.5) is 10.5 Å². The minimum absolute atomic E-state index is 0.156. The monoisotopic (exact) mass is 1080 g/mol. The van der Waals surface area contributed by atoms with Crippen molar-refractivity contribution >= 4 is 36.0 Å². The van der Waals surface area contributed by atoms with Gasteiger partial charge in [-0.25, -0.2) is 4.79 Å². The Morgan fingerprint density at radius 2 is 0.684 bits per heavy atom. The molecular weight excluding hydrogens is 973 g/mol. The molecule has 0 saturated heterocycles. The van der Waals surface area contributed by atoms with Gasteiger partial charge in [-0.05, 0) is 89.9 Å². The maximum Gasteiger partial charge on any atom is 0.319 e. The zero-order chi connectivity index (χ0) is 55.9. The Morgan fingerprint density at radius 3 is 1.06 bits per heavy atom. The van der Waals surface area contributed by atoms with Gasteiger partial charge in [0.1, 0.15) is 12.4 Å². The molecule has 0 unspecified atom stereocenters. The predicted octanol–water partition coefficient (Wildman–Crippen LogP) is 22.2. The molecule has 2 amide bonds. The van der Waals surface area contributed by atoms with Crippen LogP contribution in [0.15, 0.2) is 84.9 Å². The van der Waals surface area contributed by atoms with E-state index in [9.17, 15) is 4.79 Å². The summed E-state index contributed by atoms with van der Waals surface area (Å²) in [5, 5.41) is 5.87. The molecule has 0 fully saturated rings. The summed E-state index contributed by atoms with van der Waals surface area (Å²) < 4.78 is 26.5. The summed E-state index contributed by atoms with van der Waals surface area (Å²) >= 11 is 0. The number of rotatable bonds is 49. The molecular formula is C72H110N2O5. The van der Waals surface area contributed by atoms with Gasteiger partial charge in [0.2, 0.25) is 5.75 Å². The number of carbonyl (C=O) groups excluding carboxylic acids is 1. The van der Waals surface area contributed by atoms with Crippen LogP contribution >= 0.6 is 0 Å². The second kappa shape index (κ2) is 45.5. The lowest BCUT2D eigenvalue weighted by Gasteiger charge is -2.19. The molecule has 7 nitrogen and oxygen atoms in total. The minimum Gasteiger partial charge on any atom is -0.490 e. The first-order valence-electron chi connectivity index (χ1n) is 32.4. The van der Waals surface area contributed by atoms with Crippen molar-refractivity contribution in [3.05, 3.63) is 113 Å². The number of unbranched alkanes of at least 4 members (excludes halogenated alkanes) is 30. The molecule has 4 aromatic carbocycles. The first kappa shape index (κ1) is 66.3. The van der Waals surface area contributed by atoms with Gasteiger partial charge in [0.05, 0.1) is 19.8 Å². The molecule has 0 bridgehead atoms. The number of ether oxygens (including phenoxy) is 4. The highest BCUT2D eigenvalue weighted by Crippen LogP contribution is 2.40. The maximum absolute atomic E-state index is 12.3. The summed E-state index contributed by atoms with van der Waals surface area (Å²) in [6.07, 6.45) is 51.8. The zero-order valence-corrected chi connectivity index (χ0v) is 50.5. The average Bonchev–Trinajstić information content (AvgIpc) is 3.49. The average molecular weight is 1080 g/mol. The Bertz CT molecular complexity index is 2100. The van der Waals surface area contributed by atoms with Gasteiger partial charge in [0.15, 0.2) is 11.5 Å². The summed E-state index contributed by atoms with van der Waals surface area (Å²) in [7, 11) is 0. The fraction of sp³-hybridized carbons (Fsp3) is 0.597. The summed E-state index contributed by atoms with van der Waals surface area (Å²) in [5.74, 6) is 3.13. The summed E-state index contributed by atoms with van der Waals surface area (Å²) in [6.45, 7) is 12.2. The Kier molecular flexibility index (Phi) is 38.2. The molecule has 0 saturated carbocycles. The lowest BCUT2D eigenvalue weighted by molar-refractivity contribution is 0.232. The third kappa shape index (κ3) is 32.6. The summed E-state index contributed by atoms with van der Waals surface area (Å²) in [4.78, 5) is 12.3. The molecule has 0 atom stereocenters. The molecule has 7 heteroatoms. The normalized spacial score (nSPS) is 11.4. The van der Waals surface area contributed by atoms with E-state index < -0.39 is 0 Å². The fourth-order valence-electron chi connectivity index (χ4n) is 9.93. The first-order valence-corrected chi connectivity index (χ1v) is 32.4. The van der Waals surface area contributed by atoms with Crippen LogP contribution < -0.4 is 29.6 Å². The van der Waals surface area contributed by atoms with Crippen LogP contribution in [-0.2, 0) is 6.61 Å². The molecule has 0 heterocycles. The van der Waals surface area contributed by atoms with Crippen molar-refractivity contribution < 1.29 is 23.7 Å². The van der Waals surface area contributed by atoms with Crippen molar-refractivity contribution in [1.82, 2.24) is 5.32 Å². The quantitative estimate of drug-likeness (QED) is 0.0340. The van der Waals surface area contributed by atoms with Crippen molar-refractivity contribution in [3.8, 4) is 23.0 Å². The van der Waals surface area contributed by atoms with Crippen molar-refractivity contribution in [2.45, 2.75) is 253 Å². The van der Waals surface area contributed by atoms with Crippen LogP contribution in [-0.4, -0.2) is 32.4 Å². The SMILES string of the molecule is CCCCCCCCCCCCOc1cc(COc2ccc(/C=C/c3ccc(/C=C/c4ccc(NC(=O)NCCCCCC)cc4)cc3)cc2)cc(OCCCCCCCCCCCC)c1OCCCCCCCCCCCC. The zero-order valence-electron chi connectivity index (χ0n) is 50.5. The smallest absolute Gasteiger partial charge is 0.319 e. The van der Waals surface area contributed by atoms with Crippen LogP contribution in [0.2, 0.25) is 0 Å². The molecule has 2 N–H and O–H groups in total. The van der Waals surface area contributed by atoms with E-state index in [1.54, 1.807) is 0 Å². The van der Waals surface area contributed by atoms with E-state index in [1.807, 2.05) is 24.3 Å². The molecule has 0 aromatic heterocycles. The lowest BCUT2D eigenvalue weighted by atomic mass is 10.1. The van der Waals surface area contributed by atoms with E-state index in [2.05, 4.69) is 123 Å². The highest BCUT2D eigenvalue weighted by molar-refractivity contribution is 5.89. The van der Waals surface area contributed by atoms with Crippen LogP contribution in [0, 0.1) is 0 Å².